The minimum atomic E-state index is -0.0769. The quantitative estimate of drug-likeness (QED) is 0.688. The molecule has 5 atom stereocenters. The zero-order valence-corrected chi connectivity index (χ0v) is 15.7. The van der Waals surface area contributed by atoms with E-state index < -0.39 is 0 Å². The topological polar surface area (TPSA) is 29.5 Å². The number of methoxy groups -OCH3 is 1. The summed E-state index contributed by atoms with van der Waals surface area (Å²) >= 11 is 3.66. The van der Waals surface area contributed by atoms with Gasteiger partial charge in [0.05, 0.1) is 17.7 Å². The van der Waals surface area contributed by atoms with Gasteiger partial charge in [-0.25, -0.2) is 0 Å². The second-order valence-electron chi connectivity index (χ2n) is 8.07. The molecule has 0 amide bonds. The largest absolute Gasteiger partial charge is 0.496 e. The molecule has 4 rings (SSSR count). The van der Waals surface area contributed by atoms with Crippen LogP contribution in [-0.2, 0) is 4.74 Å². The van der Waals surface area contributed by atoms with Crippen molar-refractivity contribution in [3.63, 3.8) is 0 Å². The van der Waals surface area contributed by atoms with Gasteiger partial charge in [0.15, 0.2) is 0 Å². The van der Waals surface area contributed by atoms with E-state index in [0.29, 0.717) is 11.8 Å². The molecule has 2 saturated carbocycles. The molecule has 0 aromatic heterocycles. The van der Waals surface area contributed by atoms with Gasteiger partial charge in [-0.3, -0.25) is 0 Å². The Morgan fingerprint density at radius 1 is 1.26 bits per heavy atom. The van der Waals surface area contributed by atoms with Crippen molar-refractivity contribution in [3.8, 4) is 0 Å². The molecule has 0 aliphatic heterocycles. The molecule has 0 aromatic carbocycles. The monoisotopic (exact) mass is 378 g/mol. The summed E-state index contributed by atoms with van der Waals surface area (Å²) in [6.07, 6.45) is 12.6. The molecule has 2 fully saturated rings. The fourth-order valence-corrected chi connectivity index (χ4v) is 6.39. The predicted octanol–water partition coefficient (Wildman–Crippen LogP) is 5.09. The number of aliphatic hydroxyl groups is 1. The number of allylic oxidation sites excluding steroid dienone is 5. The molecule has 0 unspecified atom stereocenters. The first-order valence-corrected chi connectivity index (χ1v) is 9.85. The number of aliphatic hydroxyl groups excluding tert-OH is 1. The van der Waals surface area contributed by atoms with Crippen molar-refractivity contribution < 1.29 is 9.84 Å². The molecule has 0 saturated heterocycles. The molecule has 0 radical (unpaired) electrons. The Hall–Kier alpha value is -0.540. The van der Waals surface area contributed by atoms with E-state index in [4.69, 9.17) is 4.74 Å². The van der Waals surface area contributed by atoms with Crippen LogP contribution in [0.4, 0.5) is 0 Å². The summed E-state index contributed by atoms with van der Waals surface area (Å²) in [6, 6.07) is 0. The predicted molar refractivity (Wildman–Crippen MR) is 96.0 cm³/mol. The van der Waals surface area contributed by atoms with Crippen molar-refractivity contribution in [2.24, 2.45) is 23.2 Å². The number of hydrogen-bond donors (Lipinski definition) is 1. The molecule has 0 heterocycles. The summed E-state index contributed by atoms with van der Waals surface area (Å²) < 4.78 is 6.63. The van der Waals surface area contributed by atoms with Crippen LogP contribution in [0.25, 0.3) is 0 Å². The fourth-order valence-electron chi connectivity index (χ4n) is 5.95. The van der Waals surface area contributed by atoms with Gasteiger partial charge < -0.3 is 9.84 Å². The van der Waals surface area contributed by atoms with Crippen LogP contribution in [0.5, 0.6) is 0 Å². The molecule has 0 aromatic rings. The normalized spacial score (nSPS) is 43.0. The van der Waals surface area contributed by atoms with Crippen LogP contribution in [0.2, 0.25) is 0 Å². The Bertz CT molecular complexity index is 603. The summed E-state index contributed by atoms with van der Waals surface area (Å²) in [6.45, 7) is 2.35. The zero-order chi connectivity index (χ0) is 16.2. The Balaban J connectivity index is 1.68. The standard InChI is InChI=1S/C20H27BrO2/c1-20-10-9-14-13-5-7-17(21)18(23-2)11-12(13)3-4-15(14)16(20)6-8-19(20)22/h7,11,14-16,19,22H,3-6,8-10H2,1-2H3/t14-,15-,16+,19+,20+/m1/s1. The van der Waals surface area contributed by atoms with Crippen molar-refractivity contribution in [1.29, 1.82) is 0 Å². The number of fused-ring (bicyclic) bond motifs is 4. The molecule has 1 N–H and O–H groups in total. The first kappa shape index (κ1) is 16.0. The molecule has 126 valence electrons. The van der Waals surface area contributed by atoms with Crippen LogP contribution in [0.15, 0.2) is 33.5 Å². The number of hydrogen-bond acceptors (Lipinski definition) is 2. The van der Waals surface area contributed by atoms with Gasteiger partial charge in [-0.2, -0.15) is 0 Å². The van der Waals surface area contributed by atoms with E-state index in [0.717, 1.165) is 29.0 Å². The fraction of sp³-hybridized carbons (Fsp3) is 0.700. The lowest BCUT2D eigenvalue weighted by molar-refractivity contribution is -0.0306. The Kier molecular flexibility index (Phi) is 4.00. The van der Waals surface area contributed by atoms with Crippen LogP contribution in [-0.4, -0.2) is 18.3 Å². The third kappa shape index (κ3) is 2.38. The highest BCUT2D eigenvalue weighted by Gasteiger charge is 2.54. The summed E-state index contributed by atoms with van der Waals surface area (Å²) in [4.78, 5) is 0. The van der Waals surface area contributed by atoms with Gasteiger partial charge >= 0.3 is 0 Å². The van der Waals surface area contributed by atoms with Crippen molar-refractivity contribution in [3.05, 3.63) is 33.5 Å². The minimum Gasteiger partial charge on any atom is -0.496 e. The van der Waals surface area contributed by atoms with Gasteiger partial charge in [-0.1, -0.05) is 18.6 Å². The van der Waals surface area contributed by atoms with Crippen molar-refractivity contribution in [2.75, 3.05) is 7.11 Å². The van der Waals surface area contributed by atoms with Gasteiger partial charge in [0.2, 0.25) is 0 Å². The Morgan fingerprint density at radius 3 is 2.87 bits per heavy atom. The van der Waals surface area contributed by atoms with E-state index in [1.165, 1.54) is 37.7 Å². The molecule has 4 aliphatic carbocycles. The van der Waals surface area contributed by atoms with Crippen LogP contribution in [0, 0.1) is 23.2 Å². The number of halogens is 1. The number of ether oxygens (including phenoxy) is 1. The highest BCUT2D eigenvalue weighted by Crippen LogP contribution is 2.60. The van der Waals surface area contributed by atoms with E-state index in [-0.39, 0.29) is 11.5 Å². The first-order valence-electron chi connectivity index (χ1n) is 9.06. The minimum absolute atomic E-state index is 0.0769. The SMILES string of the molecule is COC1=CC2=C(CC=C1Br)[C@H]1CC[C@]3(C)[C@@H](O)CC[C@H]3[C@@H]1CC2. The second kappa shape index (κ2) is 5.77. The molecular formula is C20H27BrO2. The first-order chi connectivity index (χ1) is 11.0. The van der Waals surface area contributed by atoms with Crippen molar-refractivity contribution >= 4 is 15.9 Å². The van der Waals surface area contributed by atoms with Gasteiger partial charge in [0.1, 0.15) is 5.76 Å². The average molecular weight is 379 g/mol. The van der Waals surface area contributed by atoms with Gasteiger partial charge in [0, 0.05) is 0 Å². The maximum atomic E-state index is 10.5. The highest BCUT2D eigenvalue weighted by molar-refractivity contribution is 9.11. The van der Waals surface area contributed by atoms with Crippen LogP contribution >= 0.6 is 15.9 Å². The molecular weight excluding hydrogens is 352 g/mol. The third-order valence-electron chi connectivity index (χ3n) is 7.26. The summed E-state index contributed by atoms with van der Waals surface area (Å²) in [5, 5.41) is 10.5. The molecule has 0 spiro atoms. The molecule has 23 heavy (non-hydrogen) atoms. The van der Waals surface area contributed by atoms with E-state index in [1.54, 1.807) is 12.7 Å². The Morgan fingerprint density at radius 2 is 2.09 bits per heavy atom. The lowest BCUT2D eigenvalue weighted by Gasteiger charge is -2.50. The lowest BCUT2D eigenvalue weighted by atomic mass is 9.55. The van der Waals surface area contributed by atoms with Crippen LogP contribution in [0.1, 0.15) is 51.9 Å². The van der Waals surface area contributed by atoms with E-state index in [1.807, 2.05) is 0 Å². The average Bonchev–Trinajstić information content (AvgIpc) is 2.75. The third-order valence-corrected chi connectivity index (χ3v) is 7.97. The van der Waals surface area contributed by atoms with Crippen LogP contribution in [0.3, 0.4) is 0 Å². The molecule has 3 heteroatoms. The van der Waals surface area contributed by atoms with Gasteiger partial charge in [-0.15, -0.1) is 0 Å². The second-order valence-corrected chi connectivity index (χ2v) is 8.93. The molecule has 0 bridgehead atoms. The summed E-state index contributed by atoms with van der Waals surface area (Å²) in [5.41, 5.74) is 3.33. The maximum absolute atomic E-state index is 10.5. The summed E-state index contributed by atoms with van der Waals surface area (Å²) in [5.74, 6) is 3.16. The zero-order valence-electron chi connectivity index (χ0n) is 14.1. The lowest BCUT2D eigenvalue weighted by Crippen LogP contribution is -2.44. The van der Waals surface area contributed by atoms with Gasteiger partial charge in [0.25, 0.3) is 0 Å². The van der Waals surface area contributed by atoms with E-state index in [2.05, 4.69) is 35.0 Å². The smallest absolute Gasteiger partial charge is 0.132 e. The van der Waals surface area contributed by atoms with Crippen LogP contribution < -0.4 is 0 Å². The van der Waals surface area contributed by atoms with Gasteiger partial charge in [-0.05, 0) is 95.7 Å². The van der Waals surface area contributed by atoms with E-state index in [9.17, 15) is 5.11 Å². The Labute approximate surface area is 147 Å². The van der Waals surface area contributed by atoms with Crippen molar-refractivity contribution in [2.45, 2.75) is 58.0 Å². The molecule has 2 nitrogen and oxygen atoms in total. The summed E-state index contributed by atoms with van der Waals surface area (Å²) in [7, 11) is 1.75. The highest BCUT2D eigenvalue weighted by atomic mass is 79.9. The maximum Gasteiger partial charge on any atom is 0.132 e. The van der Waals surface area contributed by atoms with E-state index >= 15 is 0 Å². The molecule has 4 aliphatic rings. The number of rotatable bonds is 1. The van der Waals surface area contributed by atoms with Crippen molar-refractivity contribution in [1.82, 2.24) is 0 Å².